The summed E-state index contributed by atoms with van der Waals surface area (Å²) in [4.78, 5) is 32.8. The Morgan fingerprint density at radius 1 is 1.19 bits per heavy atom. The maximum absolute atomic E-state index is 12.8. The van der Waals surface area contributed by atoms with Crippen LogP contribution in [0.2, 0.25) is 0 Å². The van der Waals surface area contributed by atoms with Crippen molar-refractivity contribution in [1.29, 1.82) is 0 Å². The fourth-order valence-corrected chi connectivity index (χ4v) is 4.88. The fourth-order valence-electron chi connectivity index (χ4n) is 3.73. The van der Waals surface area contributed by atoms with Crippen LogP contribution in [0.3, 0.4) is 0 Å². The molecule has 0 aromatic heterocycles. The van der Waals surface area contributed by atoms with Crippen LogP contribution < -0.4 is 5.32 Å². The highest BCUT2D eigenvalue weighted by atomic mass is 32.2. The first-order valence-corrected chi connectivity index (χ1v) is 10.5. The highest BCUT2D eigenvalue weighted by Gasteiger charge is 2.33. The molecule has 8 heteroatoms. The van der Waals surface area contributed by atoms with Crippen molar-refractivity contribution in [3.8, 4) is 0 Å². The zero-order valence-corrected chi connectivity index (χ0v) is 16.5. The van der Waals surface area contributed by atoms with Gasteiger partial charge in [-0.2, -0.15) is 0 Å². The molecule has 146 valence electrons. The average molecular weight is 391 g/mol. The number of anilines is 1. The van der Waals surface area contributed by atoms with Crippen molar-refractivity contribution in [2.24, 2.45) is 0 Å². The highest BCUT2D eigenvalue weighted by Crippen LogP contribution is 2.38. The number of benzene rings is 1. The molecule has 3 aliphatic heterocycles. The maximum Gasteiger partial charge on any atom is 0.254 e. The van der Waals surface area contributed by atoms with E-state index in [4.69, 9.17) is 4.74 Å². The Hall–Kier alpha value is -1.61. The lowest BCUT2D eigenvalue weighted by Gasteiger charge is -2.36. The monoisotopic (exact) mass is 390 g/mol. The number of ether oxygens (including phenoxy) is 1. The Kier molecular flexibility index (Phi) is 5.68. The van der Waals surface area contributed by atoms with Crippen molar-refractivity contribution in [2.45, 2.75) is 17.2 Å². The minimum Gasteiger partial charge on any atom is -0.379 e. The summed E-state index contributed by atoms with van der Waals surface area (Å²) in [7, 11) is 0. The summed E-state index contributed by atoms with van der Waals surface area (Å²) in [5.74, 6) is 0.0265. The van der Waals surface area contributed by atoms with Crippen LogP contribution in [0.1, 0.15) is 17.3 Å². The van der Waals surface area contributed by atoms with Gasteiger partial charge in [0.25, 0.3) is 11.8 Å². The first-order valence-electron chi connectivity index (χ1n) is 9.60. The van der Waals surface area contributed by atoms with E-state index in [1.807, 2.05) is 23.1 Å². The van der Waals surface area contributed by atoms with E-state index in [-0.39, 0.29) is 17.2 Å². The number of hydrogen-bond acceptors (Lipinski definition) is 6. The van der Waals surface area contributed by atoms with E-state index in [2.05, 4.69) is 22.0 Å². The summed E-state index contributed by atoms with van der Waals surface area (Å²) in [5.41, 5.74) is 1.39. The maximum atomic E-state index is 12.8. The lowest BCUT2D eigenvalue weighted by atomic mass is 10.1. The molecule has 2 saturated heterocycles. The Morgan fingerprint density at radius 3 is 2.63 bits per heavy atom. The molecule has 0 saturated carbocycles. The number of carbonyl (C=O) groups is 2. The molecule has 27 heavy (non-hydrogen) atoms. The number of piperazine rings is 1. The summed E-state index contributed by atoms with van der Waals surface area (Å²) >= 11 is 1.56. The van der Waals surface area contributed by atoms with Gasteiger partial charge in [0.15, 0.2) is 0 Å². The zero-order valence-electron chi connectivity index (χ0n) is 15.6. The molecule has 2 amide bonds. The molecule has 0 spiro atoms. The molecule has 1 atom stereocenters. The van der Waals surface area contributed by atoms with Crippen LogP contribution in [-0.4, -0.2) is 90.9 Å². The summed E-state index contributed by atoms with van der Waals surface area (Å²) in [6.45, 7) is 9.36. The van der Waals surface area contributed by atoms with Crippen LogP contribution >= 0.6 is 11.8 Å². The van der Waals surface area contributed by atoms with Gasteiger partial charge in [-0.25, -0.2) is 0 Å². The van der Waals surface area contributed by atoms with Gasteiger partial charge < -0.3 is 19.9 Å². The van der Waals surface area contributed by atoms with Crippen LogP contribution in [0, 0.1) is 0 Å². The third-order valence-corrected chi connectivity index (χ3v) is 6.78. The molecule has 2 fully saturated rings. The summed E-state index contributed by atoms with van der Waals surface area (Å²) in [6.07, 6.45) is 0. The van der Waals surface area contributed by atoms with Gasteiger partial charge in [0.1, 0.15) is 5.37 Å². The van der Waals surface area contributed by atoms with Gasteiger partial charge in [-0.3, -0.25) is 14.5 Å². The number of nitrogens with zero attached hydrogens (tertiary/aromatic N) is 3. The van der Waals surface area contributed by atoms with E-state index in [1.165, 1.54) is 0 Å². The quantitative estimate of drug-likeness (QED) is 0.836. The van der Waals surface area contributed by atoms with E-state index in [9.17, 15) is 9.59 Å². The normalized spacial score (nSPS) is 24.4. The number of fused-ring (bicyclic) bond motifs is 1. The largest absolute Gasteiger partial charge is 0.379 e. The van der Waals surface area contributed by atoms with Crippen LogP contribution in [0.4, 0.5) is 5.69 Å². The van der Waals surface area contributed by atoms with Gasteiger partial charge in [0.2, 0.25) is 0 Å². The zero-order chi connectivity index (χ0) is 18.8. The SMILES string of the molecule is CCN1CCN(C(=O)c2ccc3c(c2)NC(=O)C(N2CCOCC2)S3)CC1. The molecule has 0 bridgehead atoms. The Balaban J connectivity index is 1.46. The minimum atomic E-state index is -0.231. The number of nitrogens with one attached hydrogen (secondary N) is 1. The first-order chi connectivity index (χ1) is 13.2. The number of morpholine rings is 1. The number of hydrogen-bond donors (Lipinski definition) is 1. The van der Waals surface area contributed by atoms with Crippen molar-refractivity contribution < 1.29 is 14.3 Å². The van der Waals surface area contributed by atoms with Gasteiger partial charge in [0, 0.05) is 49.7 Å². The Bertz CT molecular complexity index is 715. The van der Waals surface area contributed by atoms with Gasteiger partial charge in [0.05, 0.1) is 18.9 Å². The van der Waals surface area contributed by atoms with Gasteiger partial charge in [-0.15, -0.1) is 0 Å². The van der Waals surface area contributed by atoms with E-state index in [0.29, 0.717) is 18.8 Å². The lowest BCUT2D eigenvalue weighted by molar-refractivity contribution is -0.119. The number of rotatable bonds is 3. The molecular weight excluding hydrogens is 364 g/mol. The highest BCUT2D eigenvalue weighted by molar-refractivity contribution is 8.00. The lowest BCUT2D eigenvalue weighted by Crippen LogP contribution is -2.49. The van der Waals surface area contributed by atoms with Crippen LogP contribution in [0.25, 0.3) is 0 Å². The van der Waals surface area contributed by atoms with Gasteiger partial charge >= 0.3 is 0 Å². The number of thioether (sulfide) groups is 1. The van der Waals surface area contributed by atoms with E-state index >= 15 is 0 Å². The Labute approximate surface area is 164 Å². The second kappa shape index (κ2) is 8.18. The predicted molar refractivity (Wildman–Crippen MR) is 105 cm³/mol. The van der Waals surface area contributed by atoms with Gasteiger partial charge in [-0.05, 0) is 24.7 Å². The number of likely N-dealkylation sites (N-methyl/N-ethyl adjacent to an activating group) is 1. The molecule has 1 aromatic rings. The van der Waals surface area contributed by atoms with Crippen molar-refractivity contribution in [3.63, 3.8) is 0 Å². The average Bonchev–Trinajstić information content (AvgIpc) is 2.73. The van der Waals surface area contributed by atoms with E-state index < -0.39 is 0 Å². The summed E-state index contributed by atoms with van der Waals surface area (Å²) in [5, 5.41) is 2.77. The van der Waals surface area contributed by atoms with E-state index in [0.717, 1.165) is 56.4 Å². The third kappa shape index (κ3) is 3.99. The summed E-state index contributed by atoms with van der Waals surface area (Å²) < 4.78 is 5.38. The molecular formula is C19H26N4O3S. The number of amides is 2. The molecule has 1 aromatic carbocycles. The molecule has 7 nitrogen and oxygen atoms in total. The van der Waals surface area contributed by atoms with Crippen LogP contribution in [0.15, 0.2) is 23.1 Å². The van der Waals surface area contributed by atoms with Crippen LogP contribution in [-0.2, 0) is 9.53 Å². The second-order valence-corrected chi connectivity index (χ2v) is 8.17. The summed E-state index contributed by atoms with van der Waals surface area (Å²) in [6, 6.07) is 5.67. The second-order valence-electron chi connectivity index (χ2n) is 7.05. The smallest absolute Gasteiger partial charge is 0.254 e. The molecule has 0 radical (unpaired) electrons. The topological polar surface area (TPSA) is 65.1 Å². The molecule has 3 aliphatic rings. The molecule has 1 N–H and O–H groups in total. The van der Waals surface area contributed by atoms with Crippen molar-refractivity contribution in [1.82, 2.24) is 14.7 Å². The van der Waals surface area contributed by atoms with Crippen molar-refractivity contribution in [3.05, 3.63) is 23.8 Å². The molecule has 3 heterocycles. The van der Waals surface area contributed by atoms with Crippen molar-refractivity contribution >= 4 is 29.3 Å². The minimum absolute atomic E-state index is 0.0180. The molecule has 4 rings (SSSR count). The van der Waals surface area contributed by atoms with E-state index in [1.54, 1.807) is 11.8 Å². The Morgan fingerprint density at radius 2 is 1.93 bits per heavy atom. The van der Waals surface area contributed by atoms with Crippen LogP contribution in [0.5, 0.6) is 0 Å². The molecule has 0 aliphatic carbocycles. The first kappa shape index (κ1) is 18.7. The van der Waals surface area contributed by atoms with Crippen molar-refractivity contribution in [2.75, 3.05) is 64.3 Å². The third-order valence-electron chi connectivity index (χ3n) is 5.43. The van der Waals surface area contributed by atoms with Gasteiger partial charge in [-0.1, -0.05) is 18.7 Å². The fraction of sp³-hybridized carbons (Fsp3) is 0.579. The predicted octanol–water partition coefficient (Wildman–Crippen LogP) is 1.17. The molecule has 1 unspecified atom stereocenters. The standard InChI is InChI=1S/C19H26N4O3S/c1-2-21-5-7-22(8-6-21)18(25)14-3-4-16-15(13-14)20-17(24)19(27-16)23-9-11-26-12-10-23/h3-4,13,19H,2,5-12H2,1H3,(H,20,24). The number of carbonyl (C=O) groups excluding carboxylic acids is 2.